The Kier molecular flexibility index (Phi) is 2.92. The van der Waals surface area contributed by atoms with E-state index in [1.807, 2.05) is 0 Å². The summed E-state index contributed by atoms with van der Waals surface area (Å²) < 4.78 is 0. The first-order valence-electron chi connectivity index (χ1n) is 4.03. The van der Waals surface area contributed by atoms with Crippen LogP contribution in [0.15, 0.2) is 11.5 Å². The Hall–Kier alpha value is -2.39. The number of allylic oxidation sites excluding steroid dienone is 1. The maximum absolute atomic E-state index is 11.2. The van der Waals surface area contributed by atoms with Gasteiger partial charge < -0.3 is 15.5 Å². The zero-order valence-corrected chi connectivity index (χ0v) is 7.69. The van der Waals surface area contributed by atoms with E-state index < -0.39 is 50.8 Å². The topological polar surface area (TPSA) is 158 Å². The zero-order valence-electron chi connectivity index (χ0n) is 7.69. The molecule has 10 nitrogen and oxygen atoms in total. The number of hydrogen-bond acceptors (Lipinski definition) is 7. The smallest absolute Gasteiger partial charge is 0.251 e. The predicted molar refractivity (Wildman–Crippen MR) is 46.0 cm³/mol. The molecule has 0 aromatic rings. The standard InChI is InChI=1S/C6H6N3O7/c10-6-4(8(13)14)1-3(7(11)12)2-5(6)9(15)16/h3H,1-2H2,(H-,10,13,14)/q-1/p-1. The van der Waals surface area contributed by atoms with E-state index in [9.17, 15) is 35.7 Å². The Labute approximate surface area is 87.6 Å². The molecule has 0 aromatic heterocycles. The second-order valence-electron chi connectivity index (χ2n) is 3.08. The molecule has 88 valence electrons. The molecule has 0 aliphatic heterocycles. The Balaban J connectivity index is 3.24. The summed E-state index contributed by atoms with van der Waals surface area (Å²) in [6.07, 6.45) is -1.37. The van der Waals surface area contributed by atoms with Crippen molar-refractivity contribution in [2.45, 2.75) is 18.9 Å². The molecule has 1 rings (SSSR count). The second-order valence-corrected chi connectivity index (χ2v) is 3.08. The number of nitrogens with zero attached hydrogens (tertiary/aromatic N) is 3. The van der Waals surface area contributed by atoms with Crippen molar-refractivity contribution in [3.8, 4) is 0 Å². The molecule has 0 amide bonds. The van der Waals surface area contributed by atoms with Crippen LogP contribution in [0.4, 0.5) is 0 Å². The van der Waals surface area contributed by atoms with Gasteiger partial charge in [-0.25, -0.2) is 0 Å². The third kappa shape index (κ3) is 1.99. The van der Waals surface area contributed by atoms with E-state index in [2.05, 4.69) is 0 Å². The molecule has 0 spiro atoms. The molecule has 16 heavy (non-hydrogen) atoms. The van der Waals surface area contributed by atoms with Crippen LogP contribution in [0, 0.1) is 30.6 Å². The van der Waals surface area contributed by atoms with Crippen molar-refractivity contribution < 1.29 is 19.9 Å². The van der Waals surface area contributed by atoms with Gasteiger partial charge in [0, 0.05) is 10.7 Å². The molecule has 10 heteroatoms. The number of nitro groups is 2. The van der Waals surface area contributed by atoms with Crippen molar-refractivity contribution in [3.63, 3.8) is 0 Å². The highest BCUT2D eigenvalue weighted by Crippen LogP contribution is 2.22. The third-order valence-corrected chi connectivity index (χ3v) is 2.12. The van der Waals surface area contributed by atoms with Crippen LogP contribution in [0.25, 0.3) is 0 Å². The maximum Gasteiger partial charge on any atom is 0.251 e. The zero-order chi connectivity index (χ0) is 12.5. The molecule has 0 radical (unpaired) electrons. The molecule has 0 aromatic carbocycles. The fourth-order valence-corrected chi connectivity index (χ4v) is 1.33. The summed E-state index contributed by atoms with van der Waals surface area (Å²) in [7, 11) is 0. The Morgan fingerprint density at radius 2 is 1.62 bits per heavy atom. The predicted octanol–water partition coefficient (Wildman–Crippen LogP) is -1.28. The Morgan fingerprint density at radius 1 is 1.06 bits per heavy atom. The molecule has 0 saturated carbocycles. The monoisotopic (exact) mass is 231 g/mol. The van der Waals surface area contributed by atoms with E-state index in [4.69, 9.17) is 0 Å². The first kappa shape index (κ1) is 11.7. The van der Waals surface area contributed by atoms with Gasteiger partial charge >= 0.3 is 0 Å². The highest BCUT2D eigenvalue weighted by atomic mass is 16.8. The van der Waals surface area contributed by atoms with Gasteiger partial charge in [-0.15, -0.1) is 0 Å². The lowest BCUT2D eigenvalue weighted by Crippen LogP contribution is -2.38. The van der Waals surface area contributed by atoms with E-state index in [1.54, 1.807) is 0 Å². The van der Waals surface area contributed by atoms with E-state index in [0.29, 0.717) is 0 Å². The minimum absolute atomic E-state index is 0.684. The highest BCUT2D eigenvalue weighted by Gasteiger charge is 2.38. The van der Waals surface area contributed by atoms with Gasteiger partial charge in [0.05, 0.1) is 4.92 Å². The van der Waals surface area contributed by atoms with Crippen molar-refractivity contribution in [2.75, 3.05) is 0 Å². The van der Waals surface area contributed by atoms with Crippen LogP contribution in [0.1, 0.15) is 12.8 Å². The number of hydrogen-bond donors (Lipinski definition) is 0. The SMILES string of the molecule is O=[N+]([O-])C1=C([O-])C(=[N+]([O-])[O-])CC([N+](=O)[O-])C1. The summed E-state index contributed by atoms with van der Waals surface area (Å²) in [5.41, 5.74) is -2.00. The second kappa shape index (κ2) is 4.00. The normalized spacial score (nSPS) is 20.8. The highest BCUT2D eigenvalue weighted by molar-refractivity contribution is 5.95. The van der Waals surface area contributed by atoms with Crippen molar-refractivity contribution >= 4 is 5.71 Å². The quantitative estimate of drug-likeness (QED) is 0.325. The number of rotatable bonds is 2. The first-order chi connectivity index (χ1) is 7.34. The summed E-state index contributed by atoms with van der Waals surface area (Å²) >= 11 is 0. The van der Waals surface area contributed by atoms with Gasteiger partial charge in [-0.3, -0.25) is 20.2 Å². The van der Waals surface area contributed by atoms with Crippen molar-refractivity contribution in [2.24, 2.45) is 0 Å². The van der Waals surface area contributed by atoms with Crippen LogP contribution in [0.5, 0.6) is 0 Å². The summed E-state index contributed by atoms with van der Waals surface area (Å²) in [5, 5.41) is 52.8. The average molecular weight is 231 g/mol. The van der Waals surface area contributed by atoms with Crippen molar-refractivity contribution in [1.82, 2.24) is 0 Å². The van der Waals surface area contributed by atoms with Crippen LogP contribution < -0.4 is 5.11 Å². The maximum atomic E-state index is 11.2. The third-order valence-electron chi connectivity index (χ3n) is 2.12. The summed E-state index contributed by atoms with van der Waals surface area (Å²) in [4.78, 5) is 17.7. The lowest BCUT2D eigenvalue weighted by atomic mass is 9.96. The van der Waals surface area contributed by atoms with Crippen molar-refractivity contribution in [3.05, 3.63) is 42.1 Å². The molecule has 0 bridgehead atoms. The minimum atomic E-state index is -1.49. The van der Waals surface area contributed by atoms with Gasteiger partial charge in [-0.1, -0.05) is 0 Å². The molecular weight excluding hydrogens is 226 g/mol. The van der Waals surface area contributed by atoms with Gasteiger partial charge in [-0.2, -0.15) is 4.90 Å². The van der Waals surface area contributed by atoms with Crippen LogP contribution in [-0.4, -0.2) is 26.5 Å². The van der Waals surface area contributed by atoms with Gasteiger partial charge in [0.15, 0.2) is 0 Å². The summed E-state index contributed by atoms with van der Waals surface area (Å²) in [6.45, 7) is 0. The summed E-state index contributed by atoms with van der Waals surface area (Å²) in [5.74, 6) is -1.33. The largest absolute Gasteiger partial charge is 0.864 e. The lowest BCUT2D eigenvalue weighted by molar-refractivity contribution is -0.533. The first-order valence-corrected chi connectivity index (χ1v) is 4.03. The molecule has 1 aliphatic carbocycles. The van der Waals surface area contributed by atoms with Gasteiger partial charge in [0.25, 0.3) is 5.70 Å². The van der Waals surface area contributed by atoms with Gasteiger partial charge in [0.2, 0.25) is 11.8 Å². The lowest BCUT2D eigenvalue weighted by Gasteiger charge is -2.22. The summed E-state index contributed by atoms with van der Waals surface area (Å²) in [6, 6.07) is -1.49. The van der Waals surface area contributed by atoms with Gasteiger partial charge in [-0.05, 0) is 0 Å². The Bertz CT molecular complexity index is 408. The molecule has 1 unspecified atom stereocenters. The van der Waals surface area contributed by atoms with Gasteiger partial charge in [0.1, 0.15) is 12.8 Å². The molecule has 0 heterocycles. The molecule has 0 N–H and O–H groups in total. The van der Waals surface area contributed by atoms with Crippen LogP contribution in [0.3, 0.4) is 0 Å². The van der Waals surface area contributed by atoms with E-state index in [-0.39, 0.29) is 0 Å². The minimum Gasteiger partial charge on any atom is -0.864 e. The van der Waals surface area contributed by atoms with Crippen LogP contribution in [0.2, 0.25) is 0 Å². The molecule has 1 aliphatic rings. The molecular formula is C6H5N3O7-2. The van der Waals surface area contributed by atoms with Crippen molar-refractivity contribution in [1.29, 1.82) is 0 Å². The fourth-order valence-electron chi connectivity index (χ4n) is 1.33. The molecule has 1 atom stereocenters. The van der Waals surface area contributed by atoms with E-state index in [1.165, 1.54) is 0 Å². The van der Waals surface area contributed by atoms with Crippen LogP contribution in [-0.2, 0) is 0 Å². The van der Waals surface area contributed by atoms with E-state index in [0.717, 1.165) is 0 Å². The fraction of sp³-hybridized carbons (Fsp3) is 0.500. The Morgan fingerprint density at radius 3 is 2.00 bits per heavy atom. The van der Waals surface area contributed by atoms with E-state index >= 15 is 0 Å². The van der Waals surface area contributed by atoms with Crippen LogP contribution >= 0.6 is 0 Å². The molecule has 0 saturated heterocycles. The molecule has 0 fully saturated rings. The average Bonchev–Trinajstić information content (AvgIpc) is 2.16.